The summed E-state index contributed by atoms with van der Waals surface area (Å²) in [5.74, 6) is -0.993. The van der Waals surface area contributed by atoms with Gasteiger partial charge < -0.3 is 10.2 Å². The summed E-state index contributed by atoms with van der Waals surface area (Å²) in [6.45, 7) is 1.14. The first-order valence-corrected chi connectivity index (χ1v) is 4.37. The highest BCUT2D eigenvalue weighted by molar-refractivity contribution is 7.10. The summed E-state index contributed by atoms with van der Waals surface area (Å²) >= 11 is 1.34. The first-order valence-electron chi connectivity index (χ1n) is 3.49. The zero-order valence-electron chi connectivity index (χ0n) is 6.65. The zero-order valence-corrected chi connectivity index (χ0v) is 7.47. The molecule has 66 valence electrons. The largest absolute Gasteiger partial charge is 0.480 e. The van der Waals surface area contributed by atoms with Crippen molar-refractivity contribution in [1.82, 2.24) is 0 Å². The van der Waals surface area contributed by atoms with Crippen LogP contribution in [0.5, 0.6) is 0 Å². The van der Waals surface area contributed by atoms with Crippen molar-refractivity contribution in [1.29, 1.82) is 0 Å². The Hall–Kier alpha value is -0.870. The standard InChI is InChI=1S/C8H10O3S/c1-8(5-9,7(10)11)6-3-2-4-12-6/h2-4,9H,5H2,1H3,(H,10,11)/t8-/m1/s1. The maximum absolute atomic E-state index is 10.8. The molecule has 0 unspecified atom stereocenters. The molecule has 1 aromatic rings. The Kier molecular flexibility index (Phi) is 2.49. The lowest BCUT2D eigenvalue weighted by Gasteiger charge is -2.19. The van der Waals surface area contributed by atoms with E-state index in [1.165, 1.54) is 18.3 Å². The van der Waals surface area contributed by atoms with Gasteiger partial charge in [-0.15, -0.1) is 11.3 Å². The summed E-state index contributed by atoms with van der Waals surface area (Å²) in [7, 11) is 0. The van der Waals surface area contributed by atoms with Gasteiger partial charge in [-0.05, 0) is 18.4 Å². The van der Waals surface area contributed by atoms with E-state index in [1.807, 2.05) is 0 Å². The van der Waals surface area contributed by atoms with Gasteiger partial charge >= 0.3 is 5.97 Å². The van der Waals surface area contributed by atoms with Gasteiger partial charge in [-0.3, -0.25) is 4.79 Å². The number of hydrogen-bond acceptors (Lipinski definition) is 3. The summed E-state index contributed by atoms with van der Waals surface area (Å²) in [4.78, 5) is 11.5. The van der Waals surface area contributed by atoms with Crippen molar-refractivity contribution in [3.63, 3.8) is 0 Å². The van der Waals surface area contributed by atoms with Crippen LogP contribution in [0, 0.1) is 0 Å². The Morgan fingerprint density at radius 1 is 1.75 bits per heavy atom. The third-order valence-corrected chi connectivity index (χ3v) is 2.99. The van der Waals surface area contributed by atoms with Crippen LogP contribution in [0.25, 0.3) is 0 Å². The van der Waals surface area contributed by atoms with Crippen molar-refractivity contribution in [3.8, 4) is 0 Å². The second kappa shape index (κ2) is 3.25. The molecule has 0 radical (unpaired) electrons. The van der Waals surface area contributed by atoms with Crippen LogP contribution >= 0.6 is 11.3 Å². The van der Waals surface area contributed by atoms with Gasteiger partial charge in [0.05, 0.1) is 6.61 Å². The maximum Gasteiger partial charge on any atom is 0.317 e. The molecular weight excluding hydrogens is 176 g/mol. The van der Waals surface area contributed by atoms with Gasteiger partial charge in [0.1, 0.15) is 5.41 Å². The molecule has 2 N–H and O–H groups in total. The van der Waals surface area contributed by atoms with Gasteiger partial charge in [0, 0.05) is 4.88 Å². The fraction of sp³-hybridized carbons (Fsp3) is 0.375. The highest BCUT2D eigenvalue weighted by Crippen LogP contribution is 2.27. The van der Waals surface area contributed by atoms with Gasteiger partial charge in [-0.1, -0.05) is 6.07 Å². The molecule has 0 aliphatic rings. The van der Waals surface area contributed by atoms with E-state index in [9.17, 15) is 4.79 Å². The van der Waals surface area contributed by atoms with Crippen LogP contribution in [0.3, 0.4) is 0 Å². The first-order chi connectivity index (χ1) is 5.61. The number of carboxylic acid groups (broad SMARTS) is 1. The fourth-order valence-electron chi connectivity index (χ4n) is 0.843. The number of carbonyl (C=O) groups is 1. The lowest BCUT2D eigenvalue weighted by atomic mass is 9.90. The minimum absolute atomic E-state index is 0.372. The van der Waals surface area contributed by atoms with Crippen LogP contribution in [-0.4, -0.2) is 22.8 Å². The lowest BCUT2D eigenvalue weighted by molar-refractivity contribution is -0.144. The van der Waals surface area contributed by atoms with E-state index in [0.717, 1.165) is 0 Å². The Labute approximate surface area is 74.3 Å². The molecule has 0 aliphatic carbocycles. The molecule has 0 aliphatic heterocycles. The molecule has 0 amide bonds. The van der Waals surface area contributed by atoms with Gasteiger partial charge in [-0.25, -0.2) is 0 Å². The average Bonchev–Trinajstić information content (AvgIpc) is 2.54. The lowest BCUT2D eigenvalue weighted by Crippen LogP contribution is -2.35. The van der Waals surface area contributed by atoms with Crippen LogP contribution in [0.4, 0.5) is 0 Å². The number of rotatable bonds is 3. The quantitative estimate of drug-likeness (QED) is 0.742. The third-order valence-electron chi connectivity index (χ3n) is 1.85. The summed E-state index contributed by atoms with van der Waals surface area (Å²) in [5, 5.41) is 19.6. The van der Waals surface area contributed by atoms with Crippen LogP contribution < -0.4 is 0 Å². The minimum Gasteiger partial charge on any atom is -0.480 e. The predicted octanol–water partition coefficient (Wildman–Crippen LogP) is 1.08. The molecule has 0 saturated carbocycles. The van der Waals surface area contributed by atoms with Crippen LogP contribution in [0.1, 0.15) is 11.8 Å². The highest BCUT2D eigenvalue weighted by Gasteiger charge is 2.35. The molecule has 1 heterocycles. The van der Waals surface area contributed by atoms with E-state index >= 15 is 0 Å². The van der Waals surface area contributed by atoms with Crippen molar-refractivity contribution in [2.24, 2.45) is 0 Å². The Morgan fingerprint density at radius 2 is 2.42 bits per heavy atom. The second-order valence-corrected chi connectivity index (χ2v) is 3.72. The van der Waals surface area contributed by atoms with Crippen molar-refractivity contribution in [2.45, 2.75) is 12.3 Å². The Balaban J connectivity index is 3.04. The molecule has 0 spiro atoms. The molecular formula is C8H10O3S. The monoisotopic (exact) mass is 186 g/mol. The normalized spacial score (nSPS) is 15.5. The molecule has 1 aromatic heterocycles. The highest BCUT2D eigenvalue weighted by atomic mass is 32.1. The zero-order chi connectivity index (χ0) is 9.19. The van der Waals surface area contributed by atoms with Crippen molar-refractivity contribution < 1.29 is 15.0 Å². The molecule has 0 aromatic carbocycles. The number of thiophene rings is 1. The second-order valence-electron chi connectivity index (χ2n) is 2.77. The predicted molar refractivity (Wildman–Crippen MR) is 46.4 cm³/mol. The topological polar surface area (TPSA) is 57.5 Å². The van der Waals surface area contributed by atoms with E-state index in [-0.39, 0.29) is 6.61 Å². The molecule has 3 nitrogen and oxygen atoms in total. The van der Waals surface area contributed by atoms with E-state index in [1.54, 1.807) is 17.5 Å². The summed E-state index contributed by atoms with van der Waals surface area (Å²) in [6, 6.07) is 3.49. The fourth-order valence-corrected chi connectivity index (χ4v) is 1.72. The summed E-state index contributed by atoms with van der Waals surface area (Å²) < 4.78 is 0. The van der Waals surface area contributed by atoms with Crippen molar-refractivity contribution >= 4 is 17.3 Å². The number of aliphatic hydroxyl groups excluding tert-OH is 1. The first kappa shape index (κ1) is 9.22. The molecule has 0 fully saturated rings. The average molecular weight is 186 g/mol. The minimum atomic E-state index is -1.14. The van der Waals surface area contributed by atoms with Gasteiger partial charge in [0.15, 0.2) is 0 Å². The molecule has 12 heavy (non-hydrogen) atoms. The van der Waals surface area contributed by atoms with Crippen LogP contribution in [0.2, 0.25) is 0 Å². The SMILES string of the molecule is C[C@](CO)(C(=O)O)c1cccs1. The van der Waals surface area contributed by atoms with E-state index < -0.39 is 11.4 Å². The van der Waals surface area contributed by atoms with Crippen LogP contribution in [0.15, 0.2) is 17.5 Å². The molecule has 0 bridgehead atoms. The molecule has 0 saturated heterocycles. The molecule has 1 atom stereocenters. The van der Waals surface area contributed by atoms with Crippen molar-refractivity contribution in [2.75, 3.05) is 6.61 Å². The summed E-state index contributed by atoms with van der Waals surface area (Å²) in [6.07, 6.45) is 0. The smallest absolute Gasteiger partial charge is 0.317 e. The summed E-state index contributed by atoms with van der Waals surface area (Å²) in [5.41, 5.74) is -1.14. The third kappa shape index (κ3) is 1.35. The van der Waals surface area contributed by atoms with Crippen LogP contribution in [-0.2, 0) is 10.2 Å². The number of hydrogen-bond donors (Lipinski definition) is 2. The number of carboxylic acids is 1. The van der Waals surface area contributed by atoms with E-state index in [4.69, 9.17) is 10.2 Å². The van der Waals surface area contributed by atoms with E-state index in [0.29, 0.717) is 4.88 Å². The molecule has 4 heteroatoms. The number of aliphatic hydroxyl groups is 1. The van der Waals surface area contributed by atoms with Gasteiger partial charge in [-0.2, -0.15) is 0 Å². The van der Waals surface area contributed by atoms with Crippen molar-refractivity contribution in [3.05, 3.63) is 22.4 Å². The Morgan fingerprint density at radius 3 is 2.75 bits per heavy atom. The molecule has 1 rings (SSSR count). The van der Waals surface area contributed by atoms with E-state index in [2.05, 4.69) is 0 Å². The Bertz CT molecular complexity index is 268. The number of aliphatic carboxylic acids is 1. The van der Waals surface area contributed by atoms with Gasteiger partial charge in [0.25, 0.3) is 0 Å². The van der Waals surface area contributed by atoms with Gasteiger partial charge in [0.2, 0.25) is 0 Å². The maximum atomic E-state index is 10.8.